The van der Waals surface area contributed by atoms with Crippen molar-refractivity contribution in [3.8, 4) is 11.3 Å². The number of halogens is 5. The highest BCUT2D eigenvalue weighted by atomic mass is 32.1. The van der Waals surface area contributed by atoms with Crippen LogP contribution in [0.2, 0.25) is 0 Å². The number of alkyl halides is 3. The summed E-state index contributed by atoms with van der Waals surface area (Å²) in [6, 6.07) is 6.58. The first-order valence-corrected chi connectivity index (χ1v) is 10.4. The van der Waals surface area contributed by atoms with E-state index in [1.54, 1.807) is 0 Å². The van der Waals surface area contributed by atoms with Crippen molar-refractivity contribution in [3.05, 3.63) is 65.0 Å². The summed E-state index contributed by atoms with van der Waals surface area (Å²) in [4.78, 5) is 23.2. The average Bonchev–Trinajstić information content (AvgIpc) is 3.10. The maximum absolute atomic E-state index is 14.0. The zero-order valence-corrected chi connectivity index (χ0v) is 16.4. The van der Waals surface area contributed by atoms with Gasteiger partial charge in [-0.3, -0.25) is 9.42 Å². The van der Waals surface area contributed by atoms with Gasteiger partial charge in [-0.15, -0.1) is 11.3 Å². The van der Waals surface area contributed by atoms with E-state index in [9.17, 15) is 26.5 Å². The first kappa shape index (κ1) is 22.3. The van der Waals surface area contributed by atoms with E-state index >= 15 is 0 Å². The molecule has 2 aromatic carbocycles. The Morgan fingerprint density at radius 2 is 1.77 bits per heavy atom. The van der Waals surface area contributed by atoms with Crippen LogP contribution in [-0.4, -0.2) is 21.5 Å². The van der Waals surface area contributed by atoms with Crippen LogP contribution >= 0.6 is 19.2 Å². The van der Waals surface area contributed by atoms with Gasteiger partial charge in [0.15, 0.2) is 5.13 Å². The minimum Gasteiger partial charge on any atom is -0.303 e. The van der Waals surface area contributed by atoms with Gasteiger partial charge in [-0.2, -0.15) is 13.2 Å². The third kappa shape index (κ3) is 5.41. The largest absolute Gasteiger partial charge is 0.471 e. The first-order valence-electron chi connectivity index (χ1n) is 8.00. The minimum atomic E-state index is -4.91. The lowest BCUT2D eigenvalue weighted by Crippen LogP contribution is -2.20. The van der Waals surface area contributed by atoms with Crippen molar-refractivity contribution in [1.29, 1.82) is 0 Å². The lowest BCUT2D eigenvalue weighted by atomic mass is 10.1. The summed E-state index contributed by atoms with van der Waals surface area (Å²) in [5, 5.41) is 1.46. The van der Waals surface area contributed by atoms with Crippen molar-refractivity contribution < 1.29 is 40.8 Å². The molecule has 0 bridgehead atoms. The van der Waals surface area contributed by atoms with Crippen molar-refractivity contribution in [1.82, 2.24) is 4.98 Å². The van der Waals surface area contributed by atoms with Crippen LogP contribution in [0.5, 0.6) is 0 Å². The van der Waals surface area contributed by atoms with Crippen molar-refractivity contribution in [2.24, 2.45) is 0 Å². The topological polar surface area (TPSA) is 82.9 Å². The second kappa shape index (κ2) is 8.40. The van der Waals surface area contributed by atoms with E-state index in [0.29, 0.717) is 6.07 Å². The highest BCUT2D eigenvalue weighted by molar-refractivity contribution is 7.46. The molecular weight excluding hydrogens is 454 g/mol. The number of aromatic nitrogens is 1. The quantitative estimate of drug-likeness (QED) is 0.291. The van der Waals surface area contributed by atoms with Gasteiger partial charge in [-0.25, -0.2) is 18.3 Å². The number of anilines is 2. The van der Waals surface area contributed by atoms with E-state index in [0.717, 1.165) is 52.6 Å². The SMILES string of the molecule is O=P(O)(O)OCN(c1ccc(C(F)(F)F)cc1)c1nc(-c2ccc(F)cc2F)cs1. The molecule has 0 unspecified atom stereocenters. The zero-order valence-electron chi connectivity index (χ0n) is 14.7. The van der Waals surface area contributed by atoms with Crippen LogP contribution in [0.3, 0.4) is 0 Å². The van der Waals surface area contributed by atoms with Gasteiger partial charge < -0.3 is 9.79 Å². The second-order valence-electron chi connectivity index (χ2n) is 5.86. The zero-order chi connectivity index (χ0) is 22.1. The molecule has 3 aromatic rings. The molecule has 0 aliphatic heterocycles. The maximum atomic E-state index is 14.0. The van der Waals surface area contributed by atoms with Crippen LogP contribution in [0.25, 0.3) is 11.3 Å². The van der Waals surface area contributed by atoms with Crippen molar-refractivity contribution in [3.63, 3.8) is 0 Å². The highest BCUT2D eigenvalue weighted by Crippen LogP contribution is 2.40. The Hall–Kier alpha value is -2.37. The van der Waals surface area contributed by atoms with Gasteiger partial charge in [0.2, 0.25) is 0 Å². The van der Waals surface area contributed by atoms with Crippen LogP contribution in [0.4, 0.5) is 32.8 Å². The van der Waals surface area contributed by atoms with Gasteiger partial charge in [0.25, 0.3) is 0 Å². The number of benzene rings is 2. The van der Waals surface area contributed by atoms with E-state index < -0.39 is 37.9 Å². The molecule has 0 fully saturated rings. The van der Waals surface area contributed by atoms with Crippen molar-refractivity contribution in [2.75, 3.05) is 11.6 Å². The molecule has 3 rings (SSSR count). The van der Waals surface area contributed by atoms with Crippen molar-refractivity contribution in [2.45, 2.75) is 6.18 Å². The Labute approximate surface area is 170 Å². The predicted molar refractivity (Wildman–Crippen MR) is 99.0 cm³/mol. The fraction of sp³-hybridized carbons (Fsp3) is 0.118. The standard InChI is InChI=1S/C17H12F5N2O4PS/c18-11-3-6-13(14(19)7-11)15-8-30-16(23-15)24(9-28-29(25,26)27)12-4-1-10(2-5-12)17(20,21)22/h1-8H,9H2,(H2,25,26,27). The molecule has 0 aliphatic carbocycles. The van der Waals surface area contributed by atoms with Crippen LogP contribution in [0.1, 0.15) is 5.56 Å². The van der Waals surface area contributed by atoms with Gasteiger partial charge in [0.05, 0.1) is 11.3 Å². The summed E-state index contributed by atoms with van der Waals surface area (Å²) < 4.78 is 81.0. The van der Waals surface area contributed by atoms with Crippen LogP contribution in [-0.2, 0) is 15.3 Å². The number of nitrogens with zero attached hydrogens (tertiary/aromatic N) is 2. The number of phosphoric acid groups is 1. The Morgan fingerprint density at radius 1 is 1.10 bits per heavy atom. The average molecular weight is 466 g/mol. The predicted octanol–water partition coefficient (Wildman–Crippen LogP) is 5.31. The van der Waals surface area contributed by atoms with Gasteiger partial charge in [-0.05, 0) is 36.4 Å². The highest BCUT2D eigenvalue weighted by Gasteiger charge is 2.30. The molecule has 0 radical (unpaired) electrons. The maximum Gasteiger partial charge on any atom is 0.471 e. The second-order valence-corrected chi connectivity index (χ2v) is 7.94. The number of rotatable bonds is 6. The van der Waals surface area contributed by atoms with Crippen LogP contribution in [0, 0.1) is 11.6 Å². The van der Waals surface area contributed by atoms with E-state index in [-0.39, 0.29) is 22.1 Å². The fourth-order valence-electron chi connectivity index (χ4n) is 2.41. The molecule has 0 atom stereocenters. The van der Waals surface area contributed by atoms with Gasteiger partial charge in [0, 0.05) is 22.7 Å². The van der Waals surface area contributed by atoms with Crippen LogP contribution in [0.15, 0.2) is 47.8 Å². The molecule has 6 nitrogen and oxygen atoms in total. The molecule has 2 N–H and O–H groups in total. The van der Waals surface area contributed by atoms with Crippen molar-refractivity contribution >= 4 is 30.0 Å². The number of hydrogen-bond donors (Lipinski definition) is 2. The summed E-state index contributed by atoms with van der Waals surface area (Å²) in [6.45, 7) is -0.742. The fourth-order valence-corrected chi connectivity index (χ4v) is 3.51. The smallest absolute Gasteiger partial charge is 0.303 e. The van der Waals surface area contributed by atoms with E-state index in [1.165, 1.54) is 5.38 Å². The normalized spacial score (nSPS) is 12.2. The summed E-state index contributed by atoms with van der Waals surface area (Å²) in [5.74, 6) is -1.66. The van der Waals surface area contributed by atoms with Gasteiger partial charge in [-0.1, -0.05) is 0 Å². The molecule has 0 spiro atoms. The van der Waals surface area contributed by atoms with E-state index in [4.69, 9.17) is 9.79 Å². The molecule has 1 aromatic heterocycles. The molecule has 0 aliphatic rings. The molecule has 30 heavy (non-hydrogen) atoms. The third-order valence-corrected chi connectivity index (χ3v) is 5.11. The summed E-state index contributed by atoms with van der Waals surface area (Å²) in [6.07, 6.45) is -4.57. The third-order valence-electron chi connectivity index (χ3n) is 3.79. The summed E-state index contributed by atoms with van der Waals surface area (Å²) >= 11 is 0.920. The number of thiazole rings is 1. The molecular formula is C17H12F5N2O4PS. The monoisotopic (exact) mass is 466 g/mol. The van der Waals surface area contributed by atoms with Gasteiger partial charge >= 0.3 is 14.0 Å². The Kier molecular flexibility index (Phi) is 6.25. The molecule has 1 heterocycles. The minimum absolute atomic E-state index is 0.0258. The van der Waals surface area contributed by atoms with E-state index in [2.05, 4.69) is 9.51 Å². The summed E-state index contributed by atoms with van der Waals surface area (Å²) in [7, 11) is -4.91. The lowest BCUT2D eigenvalue weighted by Gasteiger charge is -2.22. The molecule has 160 valence electrons. The number of phosphoric ester groups is 1. The number of hydrogen-bond acceptors (Lipinski definition) is 5. The van der Waals surface area contributed by atoms with Gasteiger partial charge in [0.1, 0.15) is 18.4 Å². The molecule has 13 heteroatoms. The Bertz CT molecular complexity index is 1080. The van der Waals surface area contributed by atoms with E-state index in [1.807, 2.05) is 0 Å². The Balaban J connectivity index is 1.97. The molecule has 0 saturated carbocycles. The molecule has 0 saturated heterocycles. The lowest BCUT2D eigenvalue weighted by molar-refractivity contribution is -0.137. The molecule has 0 amide bonds. The Morgan fingerprint density at radius 3 is 2.33 bits per heavy atom. The first-order chi connectivity index (χ1) is 13.9. The summed E-state index contributed by atoms with van der Waals surface area (Å²) in [5.41, 5.74) is -0.755. The van der Waals surface area contributed by atoms with Crippen LogP contribution < -0.4 is 4.90 Å².